The number of hydrogen-bond acceptors (Lipinski definition) is 2. The van der Waals surface area contributed by atoms with Crippen LogP contribution in [-0.2, 0) is 0 Å². The highest BCUT2D eigenvalue weighted by Gasteiger charge is 1.99. The molecule has 2 nitrogen and oxygen atoms in total. The number of hydrogen-bond donors (Lipinski definition) is 2. The molecule has 0 aliphatic heterocycles. The summed E-state index contributed by atoms with van der Waals surface area (Å²) in [6.07, 6.45) is 11.8. The van der Waals surface area contributed by atoms with Crippen molar-refractivity contribution < 1.29 is 0 Å². The van der Waals surface area contributed by atoms with Gasteiger partial charge in [-0.05, 0) is 32.4 Å². The minimum absolute atomic E-state index is 0.405. The van der Waals surface area contributed by atoms with Crippen LogP contribution in [0.25, 0.3) is 0 Å². The number of nitrogens with two attached hydrogens (primary N) is 1. The van der Waals surface area contributed by atoms with Crippen molar-refractivity contribution in [2.45, 2.75) is 77.7 Å². The molecule has 0 heterocycles. The van der Waals surface area contributed by atoms with Crippen molar-refractivity contribution in [3.8, 4) is 0 Å². The third-order valence-corrected chi connectivity index (χ3v) is 3.06. The second-order valence-electron chi connectivity index (χ2n) is 4.86. The second-order valence-corrected chi connectivity index (χ2v) is 4.86. The topological polar surface area (TPSA) is 38.0 Å². The highest BCUT2D eigenvalue weighted by atomic mass is 14.8. The lowest BCUT2D eigenvalue weighted by Gasteiger charge is -2.10. The maximum absolute atomic E-state index is 5.94. The molecule has 0 spiro atoms. The summed E-state index contributed by atoms with van der Waals surface area (Å²) in [5.74, 6) is 0. The number of unbranched alkanes of at least 4 members (excludes halogenated alkanes) is 5. The van der Waals surface area contributed by atoms with Crippen molar-refractivity contribution in [2.24, 2.45) is 5.73 Å². The van der Waals surface area contributed by atoms with Gasteiger partial charge in [0.1, 0.15) is 0 Å². The average Bonchev–Trinajstić information content (AvgIpc) is 2.27. The molecule has 1 unspecified atom stereocenters. The van der Waals surface area contributed by atoms with Crippen LogP contribution in [0.15, 0.2) is 0 Å². The van der Waals surface area contributed by atoms with E-state index in [1.165, 1.54) is 57.9 Å². The molecule has 1 atom stereocenters. The highest BCUT2D eigenvalue weighted by Crippen LogP contribution is 2.04. The Morgan fingerprint density at radius 1 is 0.812 bits per heavy atom. The molecule has 2 heteroatoms. The summed E-state index contributed by atoms with van der Waals surface area (Å²) in [6, 6.07) is 0.405. The van der Waals surface area contributed by atoms with E-state index < -0.39 is 0 Å². The monoisotopic (exact) mass is 228 g/mol. The maximum atomic E-state index is 5.94. The van der Waals surface area contributed by atoms with Crippen molar-refractivity contribution in [3.05, 3.63) is 0 Å². The van der Waals surface area contributed by atoms with E-state index in [4.69, 9.17) is 5.73 Å². The average molecular weight is 228 g/mol. The van der Waals surface area contributed by atoms with Crippen molar-refractivity contribution in [1.29, 1.82) is 0 Å². The molecule has 0 aromatic rings. The van der Waals surface area contributed by atoms with Crippen molar-refractivity contribution in [2.75, 3.05) is 13.1 Å². The standard InChI is InChI=1S/C14H32N2/c1-3-5-6-7-8-9-12-16-13-11-14(15)10-4-2/h14,16H,3-13,15H2,1-2H3. The van der Waals surface area contributed by atoms with Crippen molar-refractivity contribution >= 4 is 0 Å². The Labute approximate surface area is 102 Å². The van der Waals surface area contributed by atoms with Crippen LogP contribution in [0.2, 0.25) is 0 Å². The Morgan fingerprint density at radius 3 is 2.19 bits per heavy atom. The SMILES string of the molecule is CCCCCCCCNCCC(N)CCC. The second kappa shape index (κ2) is 13.0. The molecule has 0 aliphatic carbocycles. The molecular formula is C14H32N2. The van der Waals surface area contributed by atoms with Gasteiger partial charge in [0.2, 0.25) is 0 Å². The quantitative estimate of drug-likeness (QED) is 0.502. The van der Waals surface area contributed by atoms with E-state index in [0.717, 1.165) is 13.0 Å². The van der Waals surface area contributed by atoms with Crippen LogP contribution in [0.4, 0.5) is 0 Å². The van der Waals surface area contributed by atoms with Crippen LogP contribution in [0.5, 0.6) is 0 Å². The normalized spacial score (nSPS) is 12.9. The van der Waals surface area contributed by atoms with E-state index in [2.05, 4.69) is 19.2 Å². The molecule has 0 aromatic heterocycles. The fourth-order valence-corrected chi connectivity index (χ4v) is 1.96. The van der Waals surface area contributed by atoms with Gasteiger partial charge in [-0.15, -0.1) is 0 Å². The first-order valence-electron chi connectivity index (χ1n) is 7.27. The van der Waals surface area contributed by atoms with Crippen LogP contribution in [-0.4, -0.2) is 19.1 Å². The van der Waals surface area contributed by atoms with Gasteiger partial charge in [0.25, 0.3) is 0 Å². The summed E-state index contributed by atoms with van der Waals surface area (Å²) in [5.41, 5.74) is 5.94. The third-order valence-electron chi connectivity index (χ3n) is 3.06. The van der Waals surface area contributed by atoms with Crippen molar-refractivity contribution in [1.82, 2.24) is 5.32 Å². The Hall–Kier alpha value is -0.0800. The summed E-state index contributed by atoms with van der Waals surface area (Å²) < 4.78 is 0. The van der Waals surface area contributed by atoms with Gasteiger partial charge >= 0.3 is 0 Å². The Bertz CT molecular complexity index is 126. The van der Waals surface area contributed by atoms with Crippen LogP contribution in [0.1, 0.15) is 71.6 Å². The molecule has 0 saturated heterocycles. The predicted octanol–water partition coefficient (Wildman–Crippen LogP) is 3.45. The van der Waals surface area contributed by atoms with Crippen molar-refractivity contribution in [3.63, 3.8) is 0 Å². The Morgan fingerprint density at radius 2 is 1.50 bits per heavy atom. The molecule has 98 valence electrons. The largest absolute Gasteiger partial charge is 0.328 e. The summed E-state index contributed by atoms with van der Waals surface area (Å²) >= 11 is 0. The molecular weight excluding hydrogens is 196 g/mol. The minimum Gasteiger partial charge on any atom is -0.328 e. The molecule has 0 saturated carbocycles. The Kier molecular flexibility index (Phi) is 12.9. The number of rotatable bonds is 12. The fraction of sp³-hybridized carbons (Fsp3) is 1.00. The first-order chi connectivity index (χ1) is 7.81. The van der Waals surface area contributed by atoms with E-state index in [-0.39, 0.29) is 0 Å². The number of nitrogens with one attached hydrogen (secondary N) is 1. The molecule has 3 N–H and O–H groups in total. The van der Waals surface area contributed by atoms with Gasteiger partial charge in [-0.2, -0.15) is 0 Å². The molecule has 0 rings (SSSR count). The molecule has 0 fully saturated rings. The van der Waals surface area contributed by atoms with Gasteiger partial charge in [-0.25, -0.2) is 0 Å². The van der Waals surface area contributed by atoms with Crippen LogP contribution in [0.3, 0.4) is 0 Å². The Balaban J connectivity index is 2.98. The predicted molar refractivity (Wildman–Crippen MR) is 73.7 cm³/mol. The molecule has 0 radical (unpaired) electrons. The van der Waals surface area contributed by atoms with Crippen LogP contribution < -0.4 is 11.1 Å². The summed E-state index contributed by atoms with van der Waals surface area (Å²) in [7, 11) is 0. The lowest BCUT2D eigenvalue weighted by molar-refractivity contribution is 0.513. The lowest BCUT2D eigenvalue weighted by Crippen LogP contribution is -2.26. The first kappa shape index (κ1) is 15.9. The maximum Gasteiger partial charge on any atom is 0.00508 e. The van der Waals surface area contributed by atoms with E-state index in [1.807, 2.05) is 0 Å². The van der Waals surface area contributed by atoms with Gasteiger partial charge in [0, 0.05) is 6.04 Å². The van der Waals surface area contributed by atoms with E-state index in [9.17, 15) is 0 Å². The molecule has 0 bridgehead atoms. The zero-order chi connectivity index (χ0) is 12.1. The van der Waals surface area contributed by atoms with Gasteiger partial charge in [-0.1, -0.05) is 52.4 Å². The van der Waals surface area contributed by atoms with Gasteiger partial charge in [0.05, 0.1) is 0 Å². The summed E-state index contributed by atoms with van der Waals surface area (Å²) in [5, 5.41) is 3.49. The lowest BCUT2D eigenvalue weighted by atomic mass is 10.1. The first-order valence-corrected chi connectivity index (χ1v) is 7.27. The summed E-state index contributed by atoms with van der Waals surface area (Å²) in [4.78, 5) is 0. The molecule has 0 amide bonds. The molecule has 0 aliphatic rings. The van der Waals surface area contributed by atoms with Crippen LogP contribution in [0, 0.1) is 0 Å². The zero-order valence-corrected chi connectivity index (χ0v) is 11.4. The van der Waals surface area contributed by atoms with E-state index >= 15 is 0 Å². The van der Waals surface area contributed by atoms with Gasteiger partial charge in [0.15, 0.2) is 0 Å². The molecule has 0 aromatic carbocycles. The summed E-state index contributed by atoms with van der Waals surface area (Å²) in [6.45, 7) is 6.73. The minimum atomic E-state index is 0.405. The third kappa shape index (κ3) is 12.0. The van der Waals surface area contributed by atoms with E-state index in [0.29, 0.717) is 6.04 Å². The smallest absolute Gasteiger partial charge is 0.00508 e. The highest BCUT2D eigenvalue weighted by molar-refractivity contribution is 4.62. The van der Waals surface area contributed by atoms with Gasteiger partial charge < -0.3 is 11.1 Å². The van der Waals surface area contributed by atoms with Gasteiger partial charge in [-0.3, -0.25) is 0 Å². The fourth-order valence-electron chi connectivity index (χ4n) is 1.96. The van der Waals surface area contributed by atoms with Crippen LogP contribution >= 0.6 is 0 Å². The van der Waals surface area contributed by atoms with E-state index in [1.54, 1.807) is 0 Å². The molecule has 16 heavy (non-hydrogen) atoms. The zero-order valence-electron chi connectivity index (χ0n) is 11.4.